The van der Waals surface area contributed by atoms with Crippen molar-refractivity contribution in [1.82, 2.24) is 4.90 Å². The standard InChI is InChI=1S/C23H28N4O2.ClH/c24-13-18-14-26(15-21(18)17-6-2-1-3-7-17)16-22(28)25-19-8-4-9-20(12-19)27-11-5-10-23(27)29;/h1-4,6-9,12,18,21H,5,10-11,13-16,24H2,(H,25,28);1H/t18-,21+;/m1./s1. The molecule has 160 valence electrons. The largest absolute Gasteiger partial charge is 0.330 e. The Kier molecular flexibility index (Phi) is 7.48. The number of rotatable bonds is 6. The molecule has 2 heterocycles. The summed E-state index contributed by atoms with van der Waals surface area (Å²) in [6, 6.07) is 17.9. The van der Waals surface area contributed by atoms with Crippen LogP contribution >= 0.6 is 12.4 Å². The molecule has 2 aliphatic heterocycles. The Morgan fingerprint density at radius 3 is 2.60 bits per heavy atom. The summed E-state index contributed by atoms with van der Waals surface area (Å²) in [6.45, 7) is 3.36. The highest BCUT2D eigenvalue weighted by molar-refractivity contribution is 5.97. The van der Waals surface area contributed by atoms with E-state index in [0.717, 1.165) is 37.4 Å². The van der Waals surface area contributed by atoms with E-state index in [4.69, 9.17) is 5.73 Å². The molecule has 2 aromatic carbocycles. The number of carbonyl (C=O) groups excluding carboxylic acids is 2. The number of nitrogens with one attached hydrogen (secondary N) is 1. The molecule has 0 aliphatic carbocycles. The van der Waals surface area contributed by atoms with E-state index in [1.165, 1.54) is 5.56 Å². The summed E-state index contributed by atoms with van der Waals surface area (Å²) in [5.41, 5.74) is 8.86. The summed E-state index contributed by atoms with van der Waals surface area (Å²) in [6.07, 6.45) is 1.48. The van der Waals surface area contributed by atoms with Gasteiger partial charge in [0.25, 0.3) is 0 Å². The fourth-order valence-corrected chi connectivity index (χ4v) is 4.48. The number of carbonyl (C=O) groups is 2. The second kappa shape index (κ2) is 10.1. The Morgan fingerprint density at radius 1 is 1.10 bits per heavy atom. The van der Waals surface area contributed by atoms with Crippen molar-refractivity contribution in [3.05, 3.63) is 60.2 Å². The molecule has 2 aromatic rings. The molecule has 2 fully saturated rings. The van der Waals surface area contributed by atoms with Crippen molar-refractivity contribution < 1.29 is 9.59 Å². The van der Waals surface area contributed by atoms with Gasteiger partial charge < -0.3 is 16.0 Å². The van der Waals surface area contributed by atoms with Crippen LogP contribution in [-0.2, 0) is 9.59 Å². The lowest BCUT2D eigenvalue weighted by molar-refractivity contribution is -0.117. The fourth-order valence-electron chi connectivity index (χ4n) is 4.48. The highest BCUT2D eigenvalue weighted by atomic mass is 35.5. The molecule has 2 saturated heterocycles. The molecule has 0 radical (unpaired) electrons. The van der Waals surface area contributed by atoms with E-state index in [1.807, 2.05) is 30.3 Å². The van der Waals surface area contributed by atoms with Gasteiger partial charge in [-0.3, -0.25) is 14.5 Å². The van der Waals surface area contributed by atoms with Crippen molar-refractivity contribution in [2.45, 2.75) is 18.8 Å². The minimum Gasteiger partial charge on any atom is -0.330 e. The summed E-state index contributed by atoms with van der Waals surface area (Å²) in [4.78, 5) is 28.6. The number of benzene rings is 2. The molecule has 0 saturated carbocycles. The van der Waals surface area contributed by atoms with E-state index < -0.39 is 0 Å². The minimum atomic E-state index is -0.0422. The molecule has 3 N–H and O–H groups in total. The maximum atomic E-state index is 12.6. The molecule has 0 bridgehead atoms. The first kappa shape index (κ1) is 22.3. The third-order valence-electron chi connectivity index (χ3n) is 5.93. The quantitative estimate of drug-likeness (QED) is 0.741. The Labute approximate surface area is 183 Å². The lowest BCUT2D eigenvalue weighted by Crippen LogP contribution is -2.32. The van der Waals surface area contributed by atoms with Crippen LogP contribution in [0.2, 0.25) is 0 Å². The monoisotopic (exact) mass is 428 g/mol. The smallest absolute Gasteiger partial charge is 0.238 e. The van der Waals surface area contributed by atoms with Gasteiger partial charge in [-0.2, -0.15) is 0 Å². The number of amides is 2. The lowest BCUT2D eigenvalue weighted by atomic mass is 9.89. The highest BCUT2D eigenvalue weighted by Crippen LogP contribution is 2.32. The first-order chi connectivity index (χ1) is 14.1. The molecular formula is C23H29ClN4O2. The molecule has 2 amide bonds. The zero-order chi connectivity index (χ0) is 20.2. The van der Waals surface area contributed by atoms with Gasteiger partial charge in [0.15, 0.2) is 0 Å². The van der Waals surface area contributed by atoms with E-state index in [1.54, 1.807) is 4.90 Å². The molecule has 0 aromatic heterocycles. The van der Waals surface area contributed by atoms with Gasteiger partial charge in [-0.25, -0.2) is 0 Å². The van der Waals surface area contributed by atoms with Gasteiger partial charge in [0.1, 0.15) is 0 Å². The maximum Gasteiger partial charge on any atom is 0.238 e. The van der Waals surface area contributed by atoms with Crippen LogP contribution in [0.5, 0.6) is 0 Å². The topological polar surface area (TPSA) is 78.7 Å². The molecule has 2 atom stereocenters. The Bertz CT molecular complexity index is 877. The zero-order valence-corrected chi connectivity index (χ0v) is 17.8. The molecule has 7 heteroatoms. The van der Waals surface area contributed by atoms with Crippen LogP contribution in [-0.4, -0.2) is 49.4 Å². The number of hydrogen-bond donors (Lipinski definition) is 2. The van der Waals surface area contributed by atoms with Crippen LogP contribution in [0.1, 0.15) is 24.3 Å². The zero-order valence-electron chi connectivity index (χ0n) is 17.0. The summed E-state index contributed by atoms with van der Waals surface area (Å²) in [5, 5.41) is 2.99. The molecule has 2 aliphatic rings. The van der Waals surface area contributed by atoms with Gasteiger partial charge in [0.05, 0.1) is 6.54 Å². The summed E-state index contributed by atoms with van der Waals surface area (Å²) in [7, 11) is 0. The van der Waals surface area contributed by atoms with Gasteiger partial charge >= 0.3 is 0 Å². The van der Waals surface area contributed by atoms with Crippen molar-refractivity contribution in [2.75, 3.05) is 42.9 Å². The maximum absolute atomic E-state index is 12.6. The summed E-state index contributed by atoms with van der Waals surface area (Å²) < 4.78 is 0. The molecule has 0 spiro atoms. The van der Waals surface area contributed by atoms with Crippen LogP contribution in [0, 0.1) is 5.92 Å². The average molecular weight is 429 g/mol. The van der Waals surface area contributed by atoms with Gasteiger partial charge in [0.2, 0.25) is 11.8 Å². The summed E-state index contributed by atoms with van der Waals surface area (Å²) in [5.74, 6) is 0.818. The Balaban J connectivity index is 0.00000256. The van der Waals surface area contributed by atoms with E-state index in [0.29, 0.717) is 31.3 Å². The second-order valence-corrected chi connectivity index (χ2v) is 7.95. The number of halogens is 1. The molecule has 6 nitrogen and oxygen atoms in total. The molecule has 30 heavy (non-hydrogen) atoms. The number of nitrogens with zero attached hydrogens (tertiary/aromatic N) is 2. The van der Waals surface area contributed by atoms with E-state index >= 15 is 0 Å². The number of likely N-dealkylation sites (tertiary alicyclic amines) is 1. The first-order valence-corrected chi connectivity index (χ1v) is 10.3. The van der Waals surface area contributed by atoms with Crippen LogP contribution in [0.25, 0.3) is 0 Å². The molecular weight excluding hydrogens is 400 g/mol. The number of hydrogen-bond acceptors (Lipinski definition) is 4. The first-order valence-electron chi connectivity index (χ1n) is 10.3. The third kappa shape index (κ3) is 5.01. The SMILES string of the molecule is Cl.NC[C@@H]1CN(CC(=O)Nc2cccc(N3CCCC3=O)c2)C[C@H]1c1ccccc1. The average Bonchev–Trinajstić information content (AvgIpc) is 3.34. The van der Waals surface area contributed by atoms with Gasteiger partial charge in [-0.1, -0.05) is 36.4 Å². The van der Waals surface area contributed by atoms with Crippen molar-refractivity contribution >= 4 is 35.6 Å². The van der Waals surface area contributed by atoms with Crippen LogP contribution in [0.4, 0.5) is 11.4 Å². The lowest BCUT2D eigenvalue weighted by Gasteiger charge is -2.18. The number of anilines is 2. The van der Waals surface area contributed by atoms with Crippen molar-refractivity contribution in [3.8, 4) is 0 Å². The van der Waals surface area contributed by atoms with E-state index in [-0.39, 0.29) is 24.2 Å². The van der Waals surface area contributed by atoms with Gasteiger partial charge in [-0.05, 0) is 42.6 Å². The summed E-state index contributed by atoms with van der Waals surface area (Å²) >= 11 is 0. The van der Waals surface area contributed by atoms with Crippen molar-refractivity contribution in [3.63, 3.8) is 0 Å². The van der Waals surface area contributed by atoms with Crippen LogP contribution in [0.15, 0.2) is 54.6 Å². The van der Waals surface area contributed by atoms with E-state index in [2.05, 4.69) is 34.5 Å². The van der Waals surface area contributed by atoms with E-state index in [9.17, 15) is 9.59 Å². The predicted octanol–water partition coefficient (Wildman–Crippen LogP) is 2.85. The highest BCUT2D eigenvalue weighted by Gasteiger charge is 2.33. The van der Waals surface area contributed by atoms with Crippen molar-refractivity contribution in [1.29, 1.82) is 0 Å². The minimum absolute atomic E-state index is 0. The van der Waals surface area contributed by atoms with Crippen LogP contribution in [0.3, 0.4) is 0 Å². The second-order valence-electron chi connectivity index (χ2n) is 7.95. The Morgan fingerprint density at radius 2 is 1.90 bits per heavy atom. The van der Waals surface area contributed by atoms with Gasteiger partial charge in [0, 0.05) is 43.3 Å². The van der Waals surface area contributed by atoms with Crippen LogP contribution < -0.4 is 16.0 Å². The predicted molar refractivity (Wildman–Crippen MR) is 122 cm³/mol. The third-order valence-corrected chi connectivity index (χ3v) is 5.93. The normalized spacial score (nSPS) is 21.5. The van der Waals surface area contributed by atoms with Crippen molar-refractivity contribution in [2.24, 2.45) is 11.7 Å². The molecule has 4 rings (SSSR count). The van der Waals surface area contributed by atoms with Gasteiger partial charge in [-0.15, -0.1) is 12.4 Å². The fraction of sp³-hybridized carbons (Fsp3) is 0.391. The Hall–Kier alpha value is -2.41. The number of nitrogens with two attached hydrogens (primary N) is 1. The molecule has 0 unspecified atom stereocenters.